The van der Waals surface area contributed by atoms with Crippen LogP contribution in [0.5, 0.6) is 5.75 Å². The van der Waals surface area contributed by atoms with Crippen molar-refractivity contribution >= 4 is 17.7 Å². The summed E-state index contributed by atoms with van der Waals surface area (Å²) in [4.78, 5) is 31.8. The maximum Gasteiger partial charge on any atom is 0.410 e. The first kappa shape index (κ1) is 22.6. The summed E-state index contributed by atoms with van der Waals surface area (Å²) in [6, 6.07) is 14.2. The summed E-state index contributed by atoms with van der Waals surface area (Å²) in [6.45, 7) is 3.62. The summed E-state index contributed by atoms with van der Waals surface area (Å²) in [6.07, 6.45) is 5.71. The number of benzene rings is 2. The van der Waals surface area contributed by atoms with Gasteiger partial charge in [0.25, 0.3) is 5.91 Å². The fourth-order valence-corrected chi connectivity index (χ4v) is 5.30. The number of carbonyl (C=O) groups is 2. The van der Waals surface area contributed by atoms with E-state index in [1.807, 2.05) is 24.3 Å². The molecule has 0 aromatic heterocycles. The molecule has 1 saturated carbocycles. The molecule has 2 aromatic carbocycles. The lowest BCUT2D eigenvalue weighted by atomic mass is 9.94. The lowest BCUT2D eigenvalue weighted by Gasteiger charge is -2.35. The molecule has 180 valence electrons. The molecule has 1 aliphatic carbocycles. The van der Waals surface area contributed by atoms with Crippen molar-refractivity contribution in [3.05, 3.63) is 59.2 Å². The summed E-state index contributed by atoms with van der Waals surface area (Å²) in [5.74, 6) is 0.964. The van der Waals surface area contributed by atoms with Gasteiger partial charge in [0.15, 0.2) is 0 Å². The molecule has 0 N–H and O–H groups in total. The van der Waals surface area contributed by atoms with Crippen molar-refractivity contribution in [3.8, 4) is 5.75 Å². The van der Waals surface area contributed by atoms with E-state index >= 15 is 0 Å². The van der Waals surface area contributed by atoms with E-state index in [0.29, 0.717) is 19.1 Å². The monoisotopic (exact) mass is 463 g/mol. The minimum Gasteiger partial charge on any atom is -0.497 e. The van der Waals surface area contributed by atoms with Crippen molar-refractivity contribution < 1.29 is 19.1 Å². The number of methoxy groups -OCH3 is 1. The second-order valence-corrected chi connectivity index (χ2v) is 9.44. The predicted octanol–water partition coefficient (Wildman–Crippen LogP) is 4.44. The fraction of sp³-hybridized carbons (Fsp3) is 0.481. The molecule has 0 unspecified atom stereocenters. The molecule has 2 aliphatic heterocycles. The Kier molecular flexibility index (Phi) is 6.61. The quantitative estimate of drug-likeness (QED) is 0.656. The minimum absolute atomic E-state index is 0.185. The van der Waals surface area contributed by atoms with Gasteiger partial charge in [-0.15, -0.1) is 0 Å². The number of hydrogen-bond acceptors (Lipinski definition) is 5. The van der Waals surface area contributed by atoms with Gasteiger partial charge < -0.3 is 24.2 Å². The highest BCUT2D eigenvalue weighted by atomic mass is 16.6. The molecule has 2 aromatic rings. The van der Waals surface area contributed by atoms with Crippen LogP contribution < -0.4 is 9.64 Å². The molecule has 1 saturated heterocycles. The second-order valence-electron chi connectivity index (χ2n) is 9.44. The van der Waals surface area contributed by atoms with E-state index in [4.69, 9.17) is 9.47 Å². The van der Waals surface area contributed by atoms with Crippen LogP contribution in [-0.2, 0) is 17.9 Å². The first-order valence-electron chi connectivity index (χ1n) is 12.4. The molecular formula is C27H33N3O4. The van der Waals surface area contributed by atoms with Crippen LogP contribution in [-0.4, -0.2) is 61.1 Å². The maximum atomic E-state index is 13.1. The van der Waals surface area contributed by atoms with E-state index in [9.17, 15) is 9.59 Å². The Morgan fingerprint density at radius 1 is 0.971 bits per heavy atom. The van der Waals surface area contributed by atoms with Crippen LogP contribution in [0.2, 0.25) is 0 Å². The Morgan fingerprint density at radius 2 is 1.71 bits per heavy atom. The molecule has 0 spiro atoms. The number of hydrogen-bond donors (Lipinski definition) is 0. The van der Waals surface area contributed by atoms with Crippen molar-refractivity contribution in [1.29, 1.82) is 0 Å². The number of rotatable bonds is 5. The second kappa shape index (κ2) is 9.95. The molecule has 34 heavy (non-hydrogen) atoms. The van der Waals surface area contributed by atoms with Gasteiger partial charge in [0.05, 0.1) is 7.11 Å². The zero-order valence-electron chi connectivity index (χ0n) is 19.9. The molecule has 0 atom stereocenters. The van der Waals surface area contributed by atoms with Crippen LogP contribution in [0.3, 0.4) is 0 Å². The SMILES string of the molecule is COc1ccc(COC(=O)N2CCN(c3ccc4c(c3)C(=O)N(C3CCCCC3)C4)CC2)cc1. The molecule has 5 rings (SSSR count). The molecular weight excluding hydrogens is 430 g/mol. The number of amides is 2. The largest absolute Gasteiger partial charge is 0.497 e. The van der Waals surface area contributed by atoms with Crippen LogP contribution in [0.25, 0.3) is 0 Å². The van der Waals surface area contributed by atoms with Crippen LogP contribution >= 0.6 is 0 Å². The third-order valence-corrected chi connectivity index (χ3v) is 7.37. The average molecular weight is 464 g/mol. The molecule has 0 radical (unpaired) electrons. The van der Waals surface area contributed by atoms with Crippen molar-refractivity contribution in [2.24, 2.45) is 0 Å². The number of ether oxygens (including phenoxy) is 2. The van der Waals surface area contributed by atoms with Gasteiger partial charge in [-0.1, -0.05) is 37.5 Å². The smallest absolute Gasteiger partial charge is 0.410 e. The van der Waals surface area contributed by atoms with Crippen LogP contribution in [0.4, 0.5) is 10.5 Å². The lowest BCUT2D eigenvalue weighted by molar-refractivity contribution is 0.0660. The summed E-state index contributed by atoms with van der Waals surface area (Å²) < 4.78 is 10.7. The van der Waals surface area contributed by atoms with Gasteiger partial charge in [-0.05, 0) is 48.2 Å². The Balaban J connectivity index is 1.14. The third kappa shape index (κ3) is 4.69. The van der Waals surface area contributed by atoms with E-state index in [-0.39, 0.29) is 18.6 Å². The van der Waals surface area contributed by atoms with Crippen molar-refractivity contribution in [1.82, 2.24) is 9.80 Å². The Bertz CT molecular complexity index is 1020. The van der Waals surface area contributed by atoms with Gasteiger partial charge in [0, 0.05) is 50.0 Å². The van der Waals surface area contributed by atoms with Gasteiger partial charge in [-0.2, -0.15) is 0 Å². The van der Waals surface area contributed by atoms with E-state index in [2.05, 4.69) is 28.0 Å². The predicted molar refractivity (Wildman–Crippen MR) is 130 cm³/mol. The van der Waals surface area contributed by atoms with Gasteiger partial charge in [-0.3, -0.25) is 4.79 Å². The maximum absolute atomic E-state index is 13.1. The molecule has 7 nitrogen and oxygen atoms in total. The van der Waals surface area contributed by atoms with Crippen LogP contribution in [0.15, 0.2) is 42.5 Å². The highest BCUT2D eigenvalue weighted by Crippen LogP contribution is 2.33. The van der Waals surface area contributed by atoms with Gasteiger partial charge >= 0.3 is 6.09 Å². The van der Waals surface area contributed by atoms with E-state index in [0.717, 1.165) is 60.6 Å². The number of fused-ring (bicyclic) bond motifs is 1. The minimum atomic E-state index is -0.289. The standard InChI is InChI=1S/C27H33N3O4/c1-33-24-11-7-20(8-12-24)19-34-27(32)29-15-13-28(14-16-29)23-10-9-21-18-30(26(31)25(21)17-23)22-5-3-2-4-6-22/h7-12,17,22H,2-6,13-16,18-19H2,1H3. The summed E-state index contributed by atoms with van der Waals surface area (Å²) >= 11 is 0. The molecule has 2 amide bonds. The first-order valence-corrected chi connectivity index (χ1v) is 12.4. The summed E-state index contributed by atoms with van der Waals surface area (Å²) in [7, 11) is 1.63. The summed E-state index contributed by atoms with van der Waals surface area (Å²) in [5.41, 5.74) is 3.98. The number of anilines is 1. The van der Waals surface area contributed by atoms with E-state index in [1.165, 1.54) is 19.3 Å². The normalized spacial score (nSPS) is 18.7. The van der Waals surface area contributed by atoms with Crippen molar-refractivity contribution in [3.63, 3.8) is 0 Å². The van der Waals surface area contributed by atoms with E-state index < -0.39 is 0 Å². The fourth-order valence-electron chi connectivity index (χ4n) is 5.30. The Hall–Kier alpha value is -3.22. The highest BCUT2D eigenvalue weighted by Gasteiger charge is 2.34. The zero-order chi connectivity index (χ0) is 23.5. The Morgan fingerprint density at radius 3 is 2.41 bits per heavy atom. The van der Waals surface area contributed by atoms with Crippen LogP contribution in [0, 0.1) is 0 Å². The number of piperazine rings is 1. The molecule has 2 heterocycles. The number of carbonyl (C=O) groups excluding carboxylic acids is 2. The highest BCUT2D eigenvalue weighted by molar-refractivity contribution is 5.99. The average Bonchev–Trinajstić information content (AvgIpc) is 3.24. The molecule has 7 heteroatoms. The van der Waals surface area contributed by atoms with E-state index in [1.54, 1.807) is 12.0 Å². The van der Waals surface area contributed by atoms with Crippen molar-refractivity contribution in [2.45, 2.75) is 51.3 Å². The molecule has 0 bridgehead atoms. The Labute approximate surface area is 201 Å². The zero-order valence-corrected chi connectivity index (χ0v) is 19.9. The molecule has 3 aliphatic rings. The summed E-state index contributed by atoms with van der Waals surface area (Å²) in [5, 5.41) is 0. The third-order valence-electron chi connectivity index (χ3n) is 7.37. The van der Waals surface area contributed by atoms with Crippen molar-refractivity contribution in [2.75, 3.05) is 38.2 Å². The van der Waals surface area contributed by atoms with Gasteiger partial charge in [-0.25, -0.2) is 4.79 Å². The van der Waals surface area contributed by atoms with Gasteiger partial charge in [0.1, 0.15) is 12.4 Å². The van der Waals surface area contributed by atoms with Crippen LogP contribution in [0.1, 0.15) is 53.6 Å². The number of nitrogens with zero attached hydrogens (tertiary/aromatic N) is 3. The first-order chi connectivity index (χ1) is 16.6. The molecule has 2 fully saturated rings. The van der Waals surface area contributed by atoms with Gasteiger partial charge in [0.2, 0.25) is 0 Å². The topological polar surface area (TPSA) is 62.3 Å². The lowest BCUT2D eigenvalue weighted by Crippen LogP contribution is -2.49.